The van der Waals surface area contributed by atoms with Crippen molar-refractivity contribution in [1.29, 1.82) is 0 Å². The Morgan fingerprint density at radius 3 is 2.59 bits per heavy atom. The highest BCUT2D eigenvalue weighted by atomic mass is 19.1. The molecule has 2 rings (SSSR count). The Hall–Kier alpha value is -1.67. The van der Waals surface area contributed by atoms with Gasteiger partial charge in [-0.1, -0.05) is 30.3 Å². The maximum Gasteiger partial charge on any atom is 0.123 e. The average Bonchev–Trinajstić information content (AvgIpc) is 2.34. The lowest BCUT2D eigenvalue weighted by atomic mass is 9.96. The van der Waals surface area contributed by atoms with Crippen LogP contribution in [-0.4, -0.2) is 7.05 Å². The van der Waals surface area contributed by atoms with E-state index < -0.39 is 0 Å². The van der Waals surface area contributed by atoms with Crippen molar-refractivity contribution in [2.75, 3.05) is 7.05 Å². The van der Waals surface area contributed by atoms with Crippen LogP contribution in [0.2, 0.25) is 0 Å². The highest BCUT2D eigenvalue weighted by Crippen LogP contribution is 2.27. The Balaban J connectivity index is 2.55. The van der Waals surface area contributed by atoms with Gasteiger partial charge in [0.25, 0.3) is 0 Å². The third-order valence-corrected chi connectivity index (χ3v) is 2.87. The molecule has 0 fully saturated rings. The van der Waals surface area contributed by atoms with E-state index in [4.69, 9.17) is 0 Å². The summed E-state index contributed by atoms with van der Waals surface area (Å²) in [5.74, 6) is -0.190. The quantitative estimate of drug-likeness (QED) is 0.849. The molecule has 2 aromatic carbocycles. The van der Waals surface area contributed by atoms with Gasteiger partial charge in [0.15, 0.2) is 0 Å². The van der Waals surface area contributed by atoms with Gasteiger partial charge in [-0.25, -0.2) is 4.39 Å². The standard InChI is InChI=1S/C15H16FN/c1-11-7-8-13(16)9-15(11)14-6-4-3-5-12(14)10-17-2/h3-9,17H,10H2,1-2H3. The second-order valence-corrected chi connectivity index (χ2v) is 4.15. The molecule has 0 aliphatic carbocycles. The van der Waals surface area contributed by atoms with E-state index in [-0.39, 0.29) is 5.82 Å². The zero-order chi connectivity index (χ0) is 12.3. The van der Waals surface area contributed by atoms with Crippen LogP contribution in [0.25, 0.3) is 11.1 Å². The Labute approximate surface area is 101 Å². The summed E-state index contributed by atoms with van der Waals surface area (Å²) in [5, 5.41) is 3.13. The lowest BCUT2D eigenvalue weighted by molar-refractivity contribution is 0.628. The molecule has 0 amide bonds. The molecule has 1 N–H and O–H groups in total. The van der Waals surface area contributed by atoms with E-state index in [0.717, 1.165) is 23.2 Å². The van der Waals surface area contributed by atoms with Crippen LogP contribution in [0.3, 0.4) is 0 Å². The van der Waals surface area contributed by atoms with Gasteiger partial charge < -0.3 is 5.32 Å². The lowest BCUT2D eigenvalue weighted by Crippen LogP contribution is -2.06. The fourth-order valence-electron chi connectivity index (χ4n) is 2.01. The number of hydrogen-bond acceptors (Lipinski definition) is 1. The van der Waals surface area contributed by atoms with E-state index >= 15 is 0 Å². The van der Waals surface area contributed by atoms with E-state index in [9.17, 15) is 4.39 Å². The lowest BCUT2D eigenvalue weighted by Gasteiger charge is -2.11. The largest absolute Gasteiger partial charge is 0.316 e. The van der Waals surface area contributed by atoms with Crippen molar-refractivity contribution in [3.8, 4) is 11.1 Å². The Kier molecular flexibility index (Phi) is 3.55. The molecule has 0 radical (unpaired) electrons. The normalized spacial score (nSPS) is 10.5. The van der Waals surface area contributed by atoms with Gasteiger partial charge in [0.1, 0.15) is 5.82 Å². The molecular weight excluding hydrogens is 213 g/mol. The topological polar surface area (TPSA) is 12.0 Å². The van der Waals surface area contributed by atoms with E-state index in [1.807, 2.05) is 38.2 Å². The number of aryl methyl sites for hydroxylation is 1. The molecule has 17 heavy (non-hydrogen) atoms. The fourth-order valence-corrected chi connectivity index (χ4v) is 2.01. The number of rotatable bonds is 3. The first-order valence-electron chi connectivity index (χ1n) is 5.71. The first-order valence-corrected chi connectivity index (χ1v) is 5.71. The summed E-state index contributed by atoms with van der Waals surface area (Å²) in [6, 6.07) is 13.0. The molecule has 2 aromatic rings. The molecule has 0 aliphatic heterocycles. The third-order valence-electron chi connectivity index (χ3n) is 2.87. The van der Waals surface area contributed by atoms with Gasteiger partial charge in [-0.15, -0.1) is 0 Å². The van der Waals surface area contributed by atoms with Crippen molar-refractivity contribution in [2.45, 2.75) is 13.5 Å². The van der Waals surface area contributed by atoms with E-state index in [0.29, 0.717) is 0 Å². The zero-order valence-corrected chi connectivity index (χ0v) is 10.1. The van der Waals surface area contributed by atoms with Crippen molar-refractivity contribution in [3.05, 3.63) is 59.4 Å². The van der Waals surface area contributed by atoms with Crippen molar-refractivity contribution >= 4 is 0 Å². The summed E-state index contributed by atoms with van der Waals surface area (Å²) in [6.07, 6.45) is 0. The molecule has 0 spiro atoms. The maximum atomic E-state index is 13.3. The van der Waals surface area contributed by atoms with Crippen LogP contribution in [-0.2, 0) is 6.54 Å². The zero-order valence-electron chi connectivity index (χ0n) is 10.1. The van der Waals surface area contributed by atoms with Crippen molar-refractivity contribution in [3.63, 3.8) is 0 Å². The highest BCUT2D eigenvalue weighted by molar-refractivity contribution is 5.70. The van der Waals surface area contributed by atoms with Gasteiger partial charge in [-0.3, -0.25) is 0 Å². The van der Waals surface area contributed by atoms with Crippen molar-refractivity contribution in [1.82, 2.24) is 5.32 Å². The van der Waals surface area contributed by atoms with Crippen LogP contribution < -0.4 is 5.32 Å². The summed E-state index contributed by atoms with van der Waals surface area (Å²) in [7, 11) is 1.91. The predicted molar refractivity (Wildman–Crippen MR) is 69.3 cm³/mol. The first kappa shape index (κ1) is 11.8. The molecule has 0 unspecified atom stereocenters. The van der Waals surface area contributed by atoms with Crippen LogP contribution in [0, 0.1) is 12.7 Å². The summed E-state index contributed by atoms with van der Waals surface area (Å²) in [5.41, 5.74) is 4.34. The second kappa shape index (κ2) is 5.11. The molecule has 0 aliphatic rings. The minimum Gasteiger partial charge on any atom is -0.316 e. The van der Waals surface area contributed by atoms with Gasteiger partial charge in [-0.05, 0) is 48.4 Å². The van der Waals surface area contributed by atoms with Crippen LogP contribution in [0.1, 0.15) is 11.1 Å². The Bertz CT molecular complexity index is 520. The third kappa shape index (κ3) is 2.53. The number of benzene rings is 2. The minimum atomic E-state index is -0.190. The molecule has 0 atom stereocenters. The van der Waals surface area contributed by atoms with E-state index in [1.165, 1.54) is 11.6 Å². The van der Waals surface area contributed by atoms with Crippen molar-refractivity contribution < 1.29 is 4.39 Å². The van der Waals surface area contributed by atoms with Gasteiger partial charge in [0.05, 0.1) is 0 Å². The van der Waals surface area contributed by atoms with Crippen LogP contribution in [0.15, 0.2) is 42.5 Å². The Morgan fingerprint density at radius 1 is 1.06 bits per heavy atom. The molecule has 0 heterocycles. The fraction of sp³-hybridized carbons (Fsp3) is 0.200. The molecule has 0 saturated heterocycles. The highest BCUT2D eigenvalue weighted by Gasteiger charge is 2.07. The molecule has 88 valence electrons. The molecule has 0 saturated carbocycles. The summed E-state index contributed by atoms with van der Waals surface area (Å²) >= 11 is 0. The van der Waals surface area contributed by atoms with Gasteiger partial charge in [0, 0.05) is 6.54 Å². The van der Waals surface area contributed by atoms with Crippen LogP contribution in [0.5, 0.6) is 0 Å². The average molecular weight is 229 g/mol. The van der Waals surface area contributed by atoms with Gasteiger partial charge >= 0.3 is 0 Å². The number of halogens is 1. The smallest absolute Gasteiger partial charge is 0.123 e. The molecular formula is C15H16FN. The van der Waals surface area contributed by atoms with Crippen LogP contribution >= 0.6 is 0 Å². The summed E-state index contributed by atoms with van der Waals surface area (Å²) < 4.78 is 13.3. The van der Waals surface area contributed by atoms with E-state index in [2.05, 4.69) is 11.4 Å². The van der Waals surface area contributed by atoms with Crippen LogP contribution in [0.4, 0.5) is 4.39 Å². The predicted octanol–water partition coefficient (Wildman–Crippen LogP) is 3.52. The number of nitrogens with one attached hydrogen (secondary N) is 1. The summed E-state index contributed by atoms with van der Waals surface area (Å²) in [6.45, 7) is 2.79. The van der Waals surface area contributed by atoms with E-state index in [1.54, 1.807) is 6.07 Å². The summed E-state index contributed by atoms with van der Waals surface area (Å²) in [4.78, 5) is 0. The number of hydrogen-bond donors (Lipinski definition) is 1. The Morgan fingerprint density at radius 2 is 1.82 bits per heavy atom. The van der Waals surface area contributed by atoms with Crippen molar-refractivity contribution in [2.24, 2.45) is 0 Å². The molecule has 0 aromatic heterocycles. The first-order chi connectivity index (χ1) is 8.22. The molecule has 2 heteroatoms. The monoisotopic (exact) mass is 229 g/mol. The molecule has 1 nitrogen and oxygen atoms in total. The second-order valence-electron chi connectivity index (χ2n) is 4.15. The van der Waals surface area contributed by atoms with Gasteiger partial charge in [0.2, 0.25) is 0 Å². The van der Waals surface area contributed by atoms with Gasteiger partial charge in [-0.2, -0.15) is 0 Å². The minimum absolute atomic E-state index is 0.190. The molecule has 0 bridgehead atoms. The SMILES string of the molecule is CNCc1ccccc1-c1cc(F)ccc1C. The maximum absolute atomic E-state index is 13.3.